The number of hydrogen-bond acceptors (Lipinski definition) is 4. The Bertz CT molecular complexity index is 473. The van der Waals surface area contributed by atoms with Crippen LogP contribution in [-0.2, 0) is 0 Å². The Morgan fingerprint density at radius 1 is 1.44 bits per heavy atom. The van der Waals surface area contributed by atoms with Crippen LogP contribution in [0.4, 0.5) is 0 Å². The Hall–Kier alpha value is -1.62. The molecule has 3 heterocycles. The third-order valence-corrected chi connectivity index (χ3v) is 3.85. The minimum Gasteiger partial charge on any atom is -0.469 e. The van der Waals surface area contributed by atoms with Crippen LogP contribution in [0.15, 0.2) is 18.3 Å². The fourth-order valence-corrected chi connectivity index (χ4v) is 2.95. The monoisotopic (exact) mass is 247 g/mol. The first-order valence-electron chi connectivity index (χ1n) is 6.35. The molecule has 2 N–H and O–H groups in total. The molecule has 0 aliphatic carbocycles. The highest BCUT2D eigenvalue weighted by Crippen LogP contribution is 2.35. The third-order valence-electron chi connectivity index (χ3n) is 3.85. The number of nitrogens with two attached hydrogens (primary N) is 1. The number of piperidine rings is 1. The summed E-state index contributed by atoms with van der Waals surface area (Å²) in [6, 6.07) is 3.36. The Morgan fingerprint density at radius 3 is 3.17 bits per heavy atom. The predicted molar refractivity (Wildman–Crippen MR) is 66.4 cm³/mol. The van der Waals surface area contributed by atoms with Gasteiger partial charge in [-0.1, -0.05) is 0 Å². The smallest absolute Gasteiger partial charge is 0.254 e. The van der Waals surface area contributed by atoms with Gasteiger partial charge in [0.2, 0.25) is 5.88 Å². The molecule has 0 spiro atoms. The Labute approximate surface area is 106 Å². The van der Waals surface area contributed by atoms with E-state index in [2.05, 4.69) is 9.88 Å². The molecule has 2 saturated heterocycles. The zero-order valence-electron chi connectivity index (χ0n) is 10.3. The fourth-order valence-electron chi connectivity index (χ4n) is 2.95. The maximum absolute atomic E-state index is 11.4. The number of primary amides is 1. The van der Waals surface area contributed by atoms with Gasteiger partial charge in [0, 0.05) is 25.7 Å². The molecule has 96 valence electrons. The second-order valence-corrected chi connectivity index (χ2v) is 5.14. The molecule has 5 nitrogen and oxygen atoms in total. The number of aromatic nitrogens is 1. The highest BCUT2D eigenvalue weighted by molar-refractivity contribution is 5.94. The first kappa shape index (κ1) is 11.5. The quantitative estimate of drug-likeness (QED) is 0.857. The SMILES string of the molecule is NC(=O)c1cccnc1OC12CCCN(CC1)C2. The van der Waals surface area contributed by atoms with E-state index in [0.717, 1.165) is 38.9 Å². The topological polar surface area (TPSA) is 68.5 Å². The molecule has 0 aromatic carbocycles. The number of fused-ring (bicyclic) bond motifs is 2. The Balaban J connectivity index is 1.86. The van der Waals surface area contributed by atoms with Crippen LogP contribution in [-0.4, -0.2) is 41.0 Å². The molecule has 2 atom stereocenters. The lowest BCUT2D eigenvalue weighted by Crippen LogP contribution is -2.44. The number of pyridine rings is 1. The van der Waals surface area contributed by atoms with Crippen molar-refractivity contribution in [3.05, 3.63) is 23.9 Å². The number of carbonyl (C=O) groups is 1. The zero-order chi connectivity index (χ0) is 12.6. The van der Waals surface area contributed by atoms with Gasteiger partial charge in [0.15, 0.2) is 0 Å². The molecule has 3 rings (SSSR count). The molecule has 5 heteroatoms. The largest absolute Gasteiger partial charge is 0.469 e. The van der Waals surface area contributed by atoms with Crippen LogP contribution >= 0.6 is 0 Å². The number of hydrogen-bond donors (Lipinski definition) is 1. The second kappa shape index (κ2) is 4.24. The molecule has 0 saturated carbocycles. The van der Waals surface area contributed by atoms with Gasteiger partial charge in [0.05, 0.1) is 0 Å². The maximum atomic E-state index is 11.4. The molecule has 0 radical (unpaired) electrons. The maximum Gasteiger partial charge on any atom is 0.254 e. The molecule has 2 aliphatic rings. The van der Waals surface area contributed by atoms with Crippen LogP contribution in [0.5, 0.6) is 5.88 Å². The van der Waals surface area contributed by atoms with Gasteiger partial charge in [-0.15, -0.1) is 0 Å². The van der Waals surface area contributed by atoms with Crippen LogP contribution in [0.25, 0.3) is 0 Å². The normalized spacial score (nSPS) is 30.1. The van der Waals surface area contributed by atoms with Crippen LogP contribution in [0.2, 0.25) is 0 Å². The summed E-state index contributed by atoms with van der Waals surface area (Å²) in [4.78, 5) is 17.9. The lowest BCUT2D eigenvalue weighted by molar-refractivity contribution is 0.0399. The van der Waals surface area contributed by atoms with E-state index >= 15 is 0 Å². The van der Waals surface area contributed by atoms with Gasteiger partial charge in [-0.3, -0.25) is 9.69 Å². The van der Waals surface area contributed by atoms with E-state index < -0.39 is 5.91 Å². The summed E-state index contributed by atoms with van der Waals surface area (Å²) in [5.74, 6) is -0.103. The van der Waals surface area contributed by atoms with Crippen molar-refractivity contribution in [2.24, 2.45) is 5.73 Å². The summed E-state index contributed by atoms with van der Waals surface area (Å²) in [5, 5.41) is 0. The molecule has 18 heavy (non-hydrogen) atoms. The lowest BCUT2D eigenvalue weighted by atomic mass is 9.94. The van der Waals surface area contributed by atoms with Gasteiger partial charge in [-0.2, -0.15) is 0 Å². The number of ether oxygens (including phenoxy) is 1. The molecule has 1 amide bonds. The second-order valence-electron chi connectivity index (χ2n) is 5.14. The van der Waals surface area contributed by atoms with Crippen molar-refractivity contribution in [3.8, 4) is 5.88 Å². The first-order chi connectivity index (χ1) is 8.69. The molecule has 2 bridgehead atoms. The van der Waals surface area contributed by atoms with Crippen molar-refractivity contribution in [2.45, 2.75) is 24.9 Å². The lowest BCUT2D eigenvalue weighted by Gasteiger charge is -2.34. The van der Waals surface area contributed by atoms with Crippen molar-refractivity contribution in [1.29, 1.82) is 0 Å². The van der Waals surface area contributed by atoms with Gasteiger partial charge in [-0.05, 0) is 31.5 Å². The van der Waals surface area contributed by atoms with Crippen LogP contribution in [0.1, 0.15) is 29.6 Å². The molecular formula is C13H17N3O2. The fraction of sp³-hybridized carbons (Fsp3) is 0.538. The van der Waals surface area contributed by atoms with Gasteiger partial charge in [0.1, 0.15) is 11.2 Å². The Morgan fingerprint density at radius 2 is 2.33 bits per heavy atom. The van der Waals surface area contributed by atoms with E-state index in [0.29, 0.717) is 11.4 Å². The minimum absolute atomic E-state index is 0.170. The van der Waals surface area contributed by atoms with Gasteiger partial charge >= 0.3 is 0 Å². The van der Waals surface area contributed by atoms with E-state index in [-0.39, 0.29) is 5.60 Å². The summed E-state index contributed by atoms with van der Waals surface area (Å²) < 4.78 is 6.07. The summed E-state index contributed by atoms with van der Waals surface area (Å²) in [7, 11) is 0. The van der Waals surface area contributed by atoms with Gasteiger partial charge < -0.3 is 10.5 Å². The predicted octanol–water partition coefficient (Wildman–Crippen LogP) is 0.798. The average Bonchev–Trinajstić information content (AvgIpc) is 2.65. The summed E-state index contributed by atoms with van der Waals surface area (Å²) in [5.41, 5.74) is 5.55. The third kappa shape index (κ3) is 1.95. The van der Waals surface area contributed by atoms with Gasteiger partial charge in [-0.25, -0.2) is 4.98 Å². The highest BCUT2D eigenvalue weighted by atomic mass is 16.5. The van der Waals surface area contributed by atoms with Crippen molar-refractivity contribution < 1.29 is 9.53 Å². The van der Waals surface area contributed by atoms with Gasteiger partial charge in [0.25, 0.3) is 5.91 Å². The number of amides is 1. The number of carbonyl (C=O) groups excluding carboxylic acids is 1. The van der Waals surface area contributed by atoms with E-state index in [1.165, 1.54) is 0 Å². The molecule has 1 aromatic heterocycles. The summed E-state index contributed by atoms with van der Waals surface area (Å²) in [6.07, 6.45) is 4.80. The van der Waals surface area contributed by atoms with Crippen molar-refractivity contribution in [2.75, 3.05) is 19.6 Å². The zero-order valence-corrected chi connectivity index (χ0v) is 10.3. The minimum atomic E-state index is -0.486. The van der Waals surface area contributed by atoms with Crippen molar-refractivity contribution >= 4 is 5.91 Å². The van der Waals surface area contributed by atoms with Crippen molar-refractivity contribution in [1.82, 2.24) is 9.88 Å². The average molecular weight is 247 g/mol. The van der Waals surface area contributed by atoms with E-state index in [4.69, 9.17) is 10.5 Å². The van der Waals surface area contributed by atoms with E-state index in [1.807, 2.05) is 0 Å². The number of rotatable bonds is 3. The Kier molecular flexibility index (Phi) is 2.70. The first-order valence-corrected chi connectivity index (χ1v) is 6.35. The molecule has 1 aromatic rings. The van der Waals surface area contributed by atoms with Crippen LogP contribution < -0.4 is 10.5 Å². The molecule has 2 fully saturated rings. The van der Waals surface area contributed by atoms with Crippen LogP contribution in [0.3, 0.4) is 0 Å². The summed E-state index contributed by atoms with van der Waals surface area (Å²) in [6.45, 7) is 3.15. The van der Waals surface area contributed by atoms with E-state index in [1.54, 1.807) is 18.3 Å². The summed E-state index contributed by atoms with van der Waals surface area (Å²) >= 11 is 0. The molecular weight excluding hydrogens is 230 g/mol. The highest BCUT2D eigenvalue weighted by Gasteiger charge is 2.43. The molecule has 2 aliphatic heterocycles. The van der Waals surface area contributed by atoms with E-state index in [9.17, 15) is 4.79 Å². The number of nitrogens with zero attached hydrogens (tertiary/aromatic N) is 2. The van der Waals surface area contributed by atoms with Crippen molar-refractivity contribution in [3.63, 3.8) is 0 Å². The standard InChI is InChI=1S/C13H17N3O2/c14-11(17)10-3-1-6-15-12(10)18-13-4-2-7-16(9-13)8-5-13/h1,3,6H,2,4-5,7-9H2,(H2,14,17). The molecule has 2 unspecified atom stereocenters. The van der Waals surface area contributed by atoms with Crippen LogP contribution in [0, 0.1) is 0 Å².